The second-order valence-electron chi connectivity index (χ2n) is 7.58. The summed E-state index contributed by atoms with van der Waals surface area (Å²) in [6, 6.07) is 3.68. The zero-order chi connectivity index (χ0) is 23.3. The van der Waals surface area contributed by atoms with Gasteiger partial charge in [-0.05, 0) is 37.5 Å². The molecule has 0 aromatic carbocycles. The van der Waals surface area contributed by atoms with E-state index in [4.69, 9.17) is 17.3 Å². The monoisotopic (exact) mass is 474 g/mol. The molecule has 1 fully saturated rings. The first-order valence-corrected chi connectivity index (χ1v) is 11.8. The Morgan fingerprint density at radius 3 is 2.78 bits per heavy atom. The van der Waals surface area contributed by atoms with Gasteiger partial charge in [-0.25, -0.2) is 4.98 Å². The Kier molecular flexibility index (Phi) is 8.03. The van der Waals surface area contributed by atoms with Crippen LogP contribution in [0.25, 0.3) is 11.7 Å². The highest BCUT2D eigenvalue weighted by molar-refractivity contribution is 8.26. The Balaban J connectivity index is 1.96. The van der Waals surface area contributed by atoms with Crippen molar-refractivity contribution >= 4 is 57.7 Å². The number of aromatic nitrogens is 2. The van der Waals surface area contributed by atoms with Gasteiger partial charge >= 0.3 is 5.97 Å². The molecule has 0 spiro atoms. The predicted molar refractivity (Wildman–Crippen MR) is 131 cm³/mol. The van der Waals surface area contributed by atoms with E-state index in [9.17, 15) is 14.4 Å². The summed E-state index contributed by atoms with van der Waals surface area (Å²) in [5, 5.41) is 12.1. The number of nitrogens with one attached hydrogen (secondary N) is 1. The molecule has 2 aromatic rings. The molecule has 0 radical (unpaired) electrons. The largest absolute Gasteiger partial charge is 0.481 e. The number of aryl methyl sites for hydroxylation is 1. The molecule has 10 heteroatoms. The number of carboxylic acids is 1. The van der Waals surface area contributed by atoms with Crippen molar-refractivity contribution < 1.29 is 14.7 Å². The first kappa shape index (κ1) is 23.9. The quantitative estimate of drug-likeness (QED) is 0.305. The molecule has 1 aliphatic heterocycles. The lowest BCUT2D eigenvalue weighted by atomic mass is 10.2. The number of hydrogen-bond acceptors (Lipinski definition) is 7. The van der Waals surface area contributed by atoms with Crippen LogP contribution >= 0.6 is 24.0 Å². The molecular formula is C22H26N4O4S2. The Hall–Kier alpha value is -2.72. The number of rotatable bonds is 10. The van der Waals surface area contributed by atoms with Crippen molar-refractivity contribution in [3.8, 4) is 0 Å². The summed E-state index contributed by atoms with van der Waals surface area (Å²) in [7, 11) is 0. The highest BCUT2D eigenvalue weighted by Crippen LogP contribution is 2.33. The maximum Gasteiger partial charge on any atom is 0.303 e. The van der Waals surface area contributed by atoms with Crippen LogP contribution in [-0.4, -0.2) is 48.7 Å². The van der Waals surface area contributed by atoms with Gasteiger partial charge in [-0.2, -0.15) is 0 Å². The van der Waals surface area contributed by atoms with Crippen LogP contribution in [0.3, 0.4) is 0 Å². The molecule has 0 aliphatic carbocycles. The molecular weight excluding hydrogens is 448 g/mol. The Labute approximate surface area is 195 Å². The fourth-order valence-electron chi connectivity index (χ4n) is 3.32. The van der Waals surface area contributed by atoms with E-state index in [1.165, 1.54) is 9.30 Å². The van der Waals surface area contributed by atoms with Crippen molar-refractivity contribution in [2.45, 2.75) is 46.0 Å². The van der Waals surface area contributed by atoms with Crippen LogP contribution in [0.15, 0.2) is 28.0 Å². The van der Waals surface area contributed by atoms with Crippen LogP contribution < -0.4 is 10.9 Å². The van der Waals surface area contributed by atoms with E-state index in [0.29, 0.717) is 39.2 Å². The van der Waals surface area contributed by atoms with Crippen molar-refractivity contribution in [3.63, 3.8) is 0 Å². The Morgan fingerprint density at radius 1 is 1.28 bits per heavy atom. The molecule has 0 saturated carbocycles. The number of thioether (sulfide) groups is 1. The van der Waals surface area contributed by atoms with Crippen LogP contribution in [0.5, 0.6) is 0 Å². The predicted octanol–water partition coefficient (Wildman–Crippen LogP) is 3.67. The van der Waals surface area contributed by atoms with Gasteiger partial charge in [0.05, 0.1) is 10.5 Å². The van der Waals surface area contributed by atoms with Gasteiger partial charge in [0.15, 0.2) is 0 Å². The molecule has 2 aromatic heterocycles. The number of unbranched alkanes of at least 4 members (excludes halogenated alkanes) is 2. The summed E-state index contributed by atoms with van der Waals surface area (Å²) in [5.74, 6) is -0.808. The van der Waals surface area contributed by atoms with E-state index in [2.05, 4.69) is 17.2 Å². The van der Waals surface area contributed by atoms with Crippen LogP contribution in [0, 0.1) is 6.92 Å². The summed E-state index contributed by atoms with van der Waals surface area (Å²) in [5.41, 5.74) is 1.47. The second-order valence-corrected chi connectivity index (χ2v) is 9.25. The van der Waals surface area contributed by atoms with Crippen LogP contribution in [-0.2, 0) is 9.59 Å². The third-order valence-electron chi connectivity index (χ3n) is 5.00. The van der Waals surface area contributed by atoms with Crippen molar-refractivity contribution in [1.29, 1.82) is 0 Å². The molecule has 3 heterocycles. The normalized spacial score (nSPS) is 15.2. The molecule has 0 atom stereocenters. The molecule has 170 valence electrons. The van der Waals surface area contributed by atoms with Crippen molar-refractivity contribution in [1.82, 2.24) is 14.3 Å². The fraction of sp³-hybridized carbons (Fsp3) is 0.409. The zero-order valence-corrected chi connectivity index (χ0v) is 19.7. The Morgan fingerprint density at radius 2 is 2.06 bits per heavy atom. The first-order valence-electron chi connectivity index (χ1n) is 10.6. The van der Waals surface area contributed by atoms with Gasteiger partial charge in [-0.15, -0.1) is 0 Å². The summed E-state index contributed by atoms with van der Waals surface area (Å²) in [6.07, 6.45) is 6.60. The molecule has 0 bridgehead atoms. The average molecular weight is 475 g/mol. The Bertz CT molecular complexity index is 1140. The number of carbonyl (C=O) groups excluding carboxylic acids is 1. The van der Waals surface area contributed by atoms with Crippen LogP contribution in [0.2, 0.25) is 0 Å². The van der Waals surface area contributed by atoms with E-state index < -0.39 is 5.97 Å². The van der Waals surface area contributed by atoms with Gasteiger partial charge < -0.3 is 10.4 Å². The molecule has 1 amide bonds. The van der Waals surface area contributed by atoms with Gasteiger partial charge in [-0.3, -0.25) is 23.7 Å². The van der Waals surface area contributed by atoms with E-state index in [1.807, 2.05) is 13.0 Å². The lowest BCUT2D eigenvalue weighted by Crippen LogP contribution is -2.29. The van der Waals surface area contributed by atoms with Gasteiger partial charge in [0, 0.05) is 25.7 Å². The number of amides is 1. The highest BCUT2D eigenvalue weighted by Gasteiger charge is 2.32. The number of carboxylic acid groups (broad SMARTS) is 1. The van der Waals surface area contributed by atoms with E-state index in [-0.39, 0.29) is 24.4 Å². The fourth-order valence-corrected chi connectivity index (χ4v) is 4.61. The summed E-state index contributed by atoms with van der Waals surface area (Å²) < 4.78 is 1.83. The lowest BCUT2D eigenvalue weighted by Gasteiger charge is -2.13. The summed E-state index contributed by atoms with van der Waals surface area (Å²) >= 11 is 6.43. The number of nitrogens with zero attached hydrogens (tertiary/aromatic N) is 3. The van der Waals surface area contributed by atoms with Crippen LogP contribution in [0.1, 0.15) is 50.2 Å². The van der Waals surface area contributed by atoms with Crippen LogP contribution in [0.4, 0.5) is 5.82 Å². The van der Waals surface area contributed by atoms with Gasteiger partial charge in [0.2, 0.25) is 0 Å². The molecule has 8 nitrogen and oxygen atoms in total. The number of pyridine rings is 1. The summed E-state index contributed by atoms with van der Waals surface area (Å²) in [6.45, 7) is 4.90. The van der Waals surface area contributed by atoms with E-state index >= 15 is 0 Å². The number of aliphatic carboxylic acids is 1. The minimum absolute atomic E-state index is 0.0444. The second kappa shape index (κ2) is 10.7. The average Bonchev–Trinajstić information content (AvgIpc) is 3.01. The molecule has 1 saturated heterocycles. The third-order valence-corrected chi connectivity index (χ3v) is 6.38. The minimum atomic E-state index is -0.921. The number of thiocarbonyl (C=S) groups is 1. The maximum atomic E-state index is 13.3. The highest BCUT2D eigenvalue weighted by atomic mass is 32.2. The topological polar surface area (TPSA) is 104 Å². The van der Waals surface area contributed by atoms with Gasteiger partial charge in [0.1, 0.15) is 15.8 Å². The molecule has 0 unspecified atom stereocenters. The first-order chi connectivity index (χ1) is 15.3. The molecule has 2 N–H and O–H groups in total. The number of hydrogen-bond donors (Lipinski definition) is 2. The smallest absolute Gasteiger partial charge is 0.303 e. The lowest BCUT2D eigenvalue weighted by molar-refractivity contribution is -0.137. The molecule has 1 aliphatic rings. The van der Waals surface area contributed by atoms with Crippen molar-refractivity contribution in [2.75, 3.05) is 18.4 Å². The van der Waals surface area contributed by atoms with Crippen molar-refractivity contribution in [2.24, 2.45) is 0 Å². The van der Waals surface area contributed by atoms with E-state index in [0.717, 1.165) is 36.6 Å². The van der Waals surface area contributed by atoms with Gasteiger partial charge in [-0.1, -0.05) is 49.8 Å². The third kappa shape index (κ3) is 5.55. The number of anilines is 1. The molecule has 3 rings (SSSR count). The molecule has 32 heavy (non-hydrogen) atoms. The zero-order valence-electron chi connectivity index (χ0n) is 18.1. The van der Waals surface area contributed by atoms with Gasteiger partial charge in [0.25, 0.3) is 11.5 Å². The van der Waals surface area contributed by atoms with E-state index in [1.54, 1.807) is 18.3 Å². The van der Waals surface area contributed by atoms with Crippen molar-refractivity contribution in [3.05, 3.63) is 44.7 Å². The minimum Gasteiger partial charge on any atom is -0.481 e. The maximum absolute atomic E-state index is 13.3. The number of fused-ring (bicyclic) bond motifs is 1. The number of carbonyl (C=O) groups is 2. The summed E-state index contributed by atoms with van der Waals surface area (Å²) in [4.78, 5) is 43.3. The standard InChI is InChI=1S/C22H26N4O4S2/c1-3-4-5-10-23-19-15(20(29)26-13-14(2)8-9-17(26)24-19)12-16-21(30)25(22(31)32-16)11-6-7-18(27)28/h8-9,12-13,23H,3-7,10-11H2,1-2H3,(H,27,28)/b16-12+. The SMILES string of the molecule is CCCCCNc1nc2ccc(C)cn2c(=O)c1/C=C1/SC(=S)N(CCCC(=O)O)C1=O.